The predicted octanol–water partition coefficient (Wildman–Crippen LogP) is 3.76. The lowest BCUT2D eigenvalue weighted by atomic mass is 9.73. The van der Waals surface area contributed by atoms with Gasteiger partial charge in [-0.25, -0.2) is 8.78 Å². The lowest BCUT2D eigenvalue weighted by molar-refractivity contribution is -0.131. The molecule has 0 aliphatic carbocycles. The molecule has 4 heterocycles. The highest BCUT2D eigenvalue weighted by Gasteiger charge is 2.46. The average Bonchev–Trinajstić information content (AvgIpc) is 2.99. The molecule has 5 nitrogen and oxygen atoms in total. The van der Waals surface area contributed by atoms with Gasteiger partial charge in [0.15, 0.2) is 0 Å². The van der Waals surface area contributed by atoms with Crippen molar-refractivity contribution in [3.05, 3.63) is 24.3 Å². The first-order chi connectivity index (χ1) is 14.7. The van der Waals surface area contributed by atoms with E-state index in [0.717, 1.165) is 30.9 Å². The second-order valence-corrected chi connectivity index (χ2v) is 10.2. The van der Waals surface area contributed by atoms with E-state index in [1.54, 1.807) is 0 Å². The van der Waals surface area contributed by atoms with E-state index in [1.165, 1.54) is 0 Å². The molecule has 4 aliphatic rings. The van der Waals surface area contributed by atoms with E-state index in [1.807, 2.05) is 9.80 Å². The van der Waals surface area contributed by atoms with E-state index in [0.29, 0.717) is 38.4 Å². The van der Waals surface area contributed by atoms with Crippen molar-refractivity contribution < 1.29 is 18.7 Å². The summed E-state index contributed by atoms with van der Waals surface area (Å²) in [6.45, 7) is 7.81. The van der Waals surface area contributed by atoms with Crippen LogP contribution in [0.4, 0.5) is 20.2 Å². The number of carbonyl (C=O) groups excluding carboxylic acids is 1. The number of carbonyl (C=O) groups is 1. The van der Waals surface area contributed by atoms with Gasteiger partial charge in [0.1, 0.15) is 0 Å². The predicted molar refractivity (Wildman–Crippen MR) is 119 cm³/mol. The average molecular weight is 436 g/mol. The van der Waals surface area contributed by atoms with Gasteiger partial charge in [-0.15, -0.1) is 0 Å². The van der Waals surface area contributed by atoms with Crippen LogP contribution >= 0.6 is 0 Å². The van der Waals surface area contributed by atoms with Crippen LogP contribution in [0.5, 0.6) is 0 Å². The fraction of sp³-hybridized carbons (Fsp3) is 0.708. The first-order valence-electron chi connectivity index (χ1n) is 11.6. The summed E-state index contributed by atoms with van der Waals surface area (Å²) in [5.74, 6) is -1.98. The molecule has 0 aromatic heterocycles. The summed E-state index contributed by atoms with van der Waals surface area (Å²) in [6.07, 6.45) is 1.84. The third-order valence-electron chi connectivity index (χ3n) is 7.36. The summed E-state index contributed by atoms with van der Waals surface area (Å²) in [5.41, 5.74) is 2.23. The molecule has 4 saturated heterocycles. The Morgan fingerprint density at radius 1 is 1.06 bits per heavy atom. The van der Waals surface area contributed by atoms with Crippen molar-refractivity contribution in [2.45, 2.75) is 57.9 Å². The van der Waals surface area contributed by atoms with Crippen LogP contribution in [-0.4, -0.2) is 67.2 Å². The molecule has 1 N–H and O–H groups in total. The molecule has 1 amide bonds. The minimum absolute atomic E-state index is 0.0467. The molecule has 172 valence electrons. The molecule has 0 saturated carbocycles. The van der Waals surface area contributed by atoms with Crippen molar-refractivity contribution in [1.29, 1.82) is 0 Å². The Morgan fingerprint density at radius 2 is 1.71 bits per heavy atom. The van der Waals surface area contributed by atoms with Crippen LogP contribution in [0.15, 0.2) is 24.3 Å². The maximum absolute atomic E-state index is 13.5. The van der Waals surface area contributed by atoms with Crippen LogP contribution in [0.3, 0.4) is 0 Å². The van der Waals surface area contributed by atoms with E-state index in [4.69, 9.17) is 5.11 Å². The molecule has 2 unspecified atom stereocenters. The van der Waals surface area contributed by atoms with Gasteiger partial charge in [-0.2, -0.15) is 0 Å². The normalized spacial score (nSPS) is 27.3. The fourth-order valence-electron chi connectivity index (χ4n) is 5.66. The van der Waals surface area contributed by atoms with E-state index in [2.05, 4.69) is 43.0 Å². The summed E-state index contributed by atoms with van der Waals surface area (Å²) in [5, 5.41) is 9.08. The zero-order valence-electron chi connectivity index (χ0n) is 18.7. The lowest BCUT2D eigenvalue weighted by Gasteiger charge is -2.48. The van der Waals surface area contributed by atoms with Crippen molar-refractivity contribution in [3.8, 4) is 0 Å². The minimum atomic E-state index is -2.53. The van der Waals surface area contributed by atoms with Crippen LogP contribution < -0.4 is 9.80 Å². The maximum Gasteiger partial charge on any atom is 0.251 e. The van der Waals surface area contributed by atoms with Crippen molar-refractivity contribution in [2.75, 3.05) is 49.1 Å². The zero-order valence-corrected chi connectivity index (χ0v) is 18.7. The van der Waals surface area contributed by atoms with Crippen LogP contribution in [0.25, 0.3) is 0 Å². The van der Waals surface area contributed by atoms with E-state index in [9.17, 15) is 13.6 Å². The highest BCUT2D eigenvalue weighted by Crippen LogP contribution is 2.43. The Hall–Kier alpha value is -1.89. The second kappa shape index (κ2) is 8.57. The number of nitrogens with zero attached hydrogens (tertiary/aromatic N) is 3. The Labute approximate surface area is 184 Å². The molecule has 7 heteroatoms. The van der Waals surface area contributed by atoms with Gasteiger partial charge in [-0.1, -0.05) is 13.8 Å². The first kappa shape index (κ1) is 22.3. The molecule has 1 aromatic rings. The molecular weight excluding hydrogens is 400 g/mol. The van der Waals surface area contributed by atoms with Crippen molar-refractivity contribution >= 4 is 17.3 Å². The topological polar surface area (TPSA) is 47.0 Å². The summed E-state index contributed by atoms with van der Waals surface area (Å²) in [7, 11) is 0. The van der Waals surface area contributed by atoms with Crippen LogP contribution in [0, 0.1) is 11.3 Å². The second-order valence-electron chi connectivity index (χ2n) is 10.2. The molecule has 4 fully saturated rings. The van der Waals surface area contributed by atoms with Gasteiger partial charge in [-0.05, 0) is 48.4 Å². The monoisotopic (exact) mass is 435 g/mol. The molecular formula is C24H35F2N3O2. The Morgan fingerprint density at radius 3 is 2.35 bits per heavy atom. The van der Waals surface area contributed by atoms with Crippen LogP contribution in [-0.2, 0) is 4.79 Å². The quantitative estimate of drug-likeness (QED) is 0.765. The number of hydrogen-bond acceptors (Lipinski definition) is 4. The van der Waals surface area contributed by atoms with Gasteiger partial charge in [0, 0.05) is 70.0 Å². The standard InChI is InChI=1S/C24H35F2N3O2/c1-23(2)14-18-15-28(22(31)4-3-13-30)17-21(23)29(16-18)20-7-5-19(6-8-20)27-11-9-24(25,26)10-12-27/h5-8,18,21,30H,3-4,9-17H2,1-2H3. The number of benzene rings is 1. The summed E-state index contributed by atoms with van der Waals surface area (Å²) >= 11 is 0. The summed E-state index contributed by atoms with van der Waals surface area (Å²) < 4.78 is 27.0. The highest BCUT2D eigenvalue weighted by molar-refractivity contribution is 5.76. The minimum Gasteiger partial charge on any atom is -0.396 e. The number of fused-ring (bicyclic) bond motifs is 4. The molecule has 4 aliphatic heterocycles. The van der Waals surface area contributed by atoms with E-state index in [-0.39, 0.29) is 36.8 Å². The van der Waals surface area contributed by atoms with Gasteiger partial charge in [0.05, 0.1) is 6.04 Å². The van der Waals surface area contributed by atoms with Crippen molar-refractivity contribution in [3.63, 3.8) is 0 Å². The zero-order chi connectivity index (χ0) is 22.2. The first-order valence-corrected chi connectivity index (χ1v) is 11.6. The Bertz CT molecular complexity index is 774. The van der Waals surface area contributed by atoms with Gasteiger partial charge in [-0.3, -0.25) is 4.79 Å². The van der Waals surface area contributed by atoms with Crippen LogP contribution in [0.2, 0.25) is 0 Å². The molecule has 2 bridgehead atoms. The Kier molecular flexibility index (Phi) is 6.16. The molecule has 0 radical (unpaired) electrons. The third-order valence-corrected chi connectivity index (χ3v) is 7.36. The third kappa shape index (κ3) is 4.81. The molecule has 1 aromatic carbocycles. The SMILES string of the molecule is CC1(C)CC2CN(C(=O)CCCO)CC1N(c1ccc(N3CCC(F)(F)CC3)cc1)C2. The molecule has 5 rings (SSSR count). The number of aliphatic hydroxyl groups is 1. The highest BCUT2D eigenvalue weighted by atomic mass is 19.3. The number of aliphatic hydroxyl groups excluding tert-OH is 1. The van der Waals surface area contributed by atoms with Crippen molar-refractivity contribution in [2.24, 2.45) is 11.3 Å². The lowest BCUT2D eigenvalue weighted by Crippen LogP contribution is -2.54. The maximum atomic E-state index is 13.5. The number of anilines is 2. The number of hydrogen-bond donors (Lipinski definition) is 1. The number of piperidine rings is 2. The fourth-order valence-corrected chi connectivity index (χ4v) is 5.66. The number of amides is 1. The van der Waals surface area contributed by atoms with E-state index >= 15 is 0 Å². The molecule has 2 atom stereocenters. The molecule has 0 spiro atoms. The number of rotatable bonds is 5. The van der Waals surface area contributed by atoms with Gasteiger partial charge >= 0.3 is 0 Å². The summed E-state index contributed by atoms with van der Waals surface area (Å²) in [6, 6.07) is 8.54. The molecule has 31 heavy (non-hydrogen) atoms. The number of halogens is 2. The van der Waals surface area contributed by atoms with Gasteiger partial charge in [0.25, 0.3) is 5.92 Å². The van der Waals surface area contributed by atoms with E-state index < -0.39 is 5.92 Å². The van der Waals surface area contributed by atoms with Crippen LogP contribution in [0.1, 0.15) is 46.0 Å². The van der Waals surface area contributed by atoms with Gasteiger partial charge in [0.2, 0.25) is 5.91 Å². The van der Waals surface area contributed by atoms with Crippen molar-refractivity contribution in [1.82, 2.24) is 4.90 Å². The summed E-state index contributed by atoms with van der Waals surface area (Å²) in [4.78, 5) is 19.2. The smallest absolute Gasteiger partial charge is 0.251 e. The number of alkyl halides is 2. The Balaban J connectivity index is 1.49. The largest absolute Gasteiger partial charge is 0.396 e. The van der Waals surface area contributed by atoms with Gasteiger partial charge < -0.3 is 19.8 Å².